The van der Waals surface area contributed by atoms with E-state index in [2.05, 4.69) is 52.4 Å². The molecular weight excluding hydrogens is 326 g/mol. The van der Waals surface area contributed by atoms with Gasteiger partial charge in [-0.2, -0.15) is 0 Å². The third kappa shape index (κ3) is 2.95. The van der Waals surface area contributed by atoms with Gasteiger partial charge >= 0.3 is 0 Å². The zero-order chi connectivity index (χ0) is 14.8. The number of benzene rings is 1. The molecule has 0 spiro atoms. The molecule has 0 unspecified atom stereocenters. The van der Waals surface area contributed by atoms with Crippen molar-refractivity contribution in [2.45, 2.75) is 38.5 Å². The van der Waals surface area contributed by atoms with Crippen LogP contribution in [0, 0.1) is 0 Å². The SMILES string of the molecule is CCCc1nc(-c2ccccc2C2CC2)nc(NC)c1Br. The average molecular weight is 346 g/mol. The molecule has 1 heterocycles. The van der Waals surface area contributed by atoms with Gasteiger partial charge in [0.05, 0.1) is 10.2 Å². The van der Waals surface area contributed by atoms with Crippen LogP contribution in [0.3, 0.4) is 0 Å². The lowest BCUT2D eigenvalue weighted by atomic mass is 10.0. The summed E-state index contributed by atoms with van der Waals surface area (Å²) in [5, 5.41) is 3.17. The van der Waals surface area contributed by atoms with E-state index in [4.69, 9.17) is 9.97 Å². The fraction of sp³-hybridized carbons (Fsp3) is 0.412. The molecule has 3 nitrogen and oxygen atoms in total. The third-order valence-corrected chi connectivity index (χ3v) is 4.70. The van der Waals surface area contributed by atoms with Crippen LogP contribution >= 0.6 is 15.9 Å². The van der Waals surface area contributed by atoms with Gasteiger partial charge in [-0.25, -0.2) is 9.97 Å². The quantitative estimate of drug-likeness (QED) is 0.847. The molecule has 1 aliphatic carbocycles. The molecule has 3 rings (SSSR count). The molecule has 0 saturated heterocycles. The maximum atomic E-state index is 4.81. The lowest BCUT2D eigenvalue weighted by molar-refractivity contribution is 0.868. The molecule has 1 aromatic heterocycles. The molecule has 0 atom stereocenters. The van der Waals surface area contributed by atoms with E-state index in [1.54, 1.807) is 0 Å². The van der Waals surface area contributed by atoms with Crippen LogP contribution < -0.4 is 5.32 Å². The van der Waals surface area contributed by atoms with Crippen molar-refractivity contribution in [3.63, 3.8) is 0 Å². The number of anilines is 1. The number of halogens is 1. The Bertz CT molecular complexity index is 650. The molecule has 0 aliphatic heterocycles. The largest absolute Gasteiger partial charge is 0.372 e. The van der Waals surface area contributed by atoms with Gasteiger partial charge in [0.25, 0.3) is 0 Å². The highest BCUT2D eigenvalue weighted by Crippen LogP contribution is 2.44. The van der Waals surface area contributed by atoms with E-state index < -0.39 is 0 Å². The Labute approximate surface area is 134 Å². The molecule has 0 bridgehead atoms. The summed E-state index contributed by atoms with van der Waals surface area (Å²) in [5.41, 5.74) is 3.66. The number of aromatic nitrogens is 2. The Hall–Kier alpha value is -1.42. The lowest BCUT2D eigenvalue weighted by Gasteiger charge is -2.13. The first-order valence-electron chi connectivity index (χ1n) is 7.58. The van der Waals surface area contributed by atoms with Gasteiger partial charge in [-0.15, -0.1) is 0 Å². The van der Waals surface area contributed by atoms with Crippen LogP contribution in [0.25, 0.3) is 11.4 Å². The minimum Gasteiger partial charge on any atom is -0.372 e. The molecule has 4 heteroatoms. The molecule has 1 N–H and O–H groups in total. The lowest BCUT2D eigenvalue weighted by Crippen LogP contribution is -2.04. The van der Waals surface area contributed by atoms with Crippen LogP contribution in [0.15, 0.2) is 28.7 Å². The Morgan fingerprint density at radius 2 is 2.00 bits per heavy atom. The van der Waals surface area contributed by atoms with Gasteiger partial charge < -0.3 is 5.32 Å². The van der Waals surface area contributed by atoms with Crippen LogP contribution in [0.4, 0.5) is 5.82 Å². The van der Waals surface area contributed by atoms with Gasteiger partial charge in [0.2, 0.25) is 0 Å². The van der Waals surface area contributed by atoms with Gasteiger partial charge in [0.15, 0.2) is 5.82 Å². The summed E-state index contributed by atoms with van der Waals surface area (Å²) >= 11 is 3.62. The number of nitrogens with one attached hydrogen (secondary N) is 1. The monoisotopic (exact) mass is 345 g/mol. The number of hydrogen-bond acceptors (Lipinski definition) is 3. The maximum Gasteiger partial charge on any atom is 0.162 e. The van der Waals surface area contributed by atoms with Gasteiger partial charge in [0.1, 0.15) is 5.82 Å². The topological polar surface area (TPSA) is 37.8 Å². The molecule has 1 fully saturated rings. The standard InChI is InChI=1S/C17H20BrN3/c1-3-6-14-15(18)17(19-2)21-16(20-14)13-8-5-4-7-12(13)11-9-10-11/h4-5,7-8,11H,3,6,9-10H2,1-2H3,(H,19,20,21). The van der Waals surface area contributed by atoms with Gasteiger partial charge in [-0.05, 0) is 46.7 Å². The van der Waals surface area contributed by atoms with E-state index in [-0.39, 0.29) is 0 Å². The minimum atomic E-state index is 0.695. The van der Waals surface area contributed by atoms with E-state index in [0.717, 1.165) is 34.7 Å². The second-order valence-corrected chi connectivity index (χ2v) is 6.31. The number of nitrogens with zero attached hydrogens (tertiary/aromatic N) is 2. The van der Waals surface area contributed by atoms with Crippen molar-refractivity contribution < 1.29 is 0 Å². The summed E-state index contributed by atoms with van der Waals surface area (Å²) in [6.45, 7) is 2.17. The first-order valence-corrected chi connectivity index (χ1v) is 8.37. The van der Waals surface area contributed by atoms with Crippen molar-refractivity contribution >= 4 is 21.7 Å². The highest BCUT2D eigenvalue weighted by atomic mass is 79.9. The van der Waals surface area contributed by atoms with Crippen molar-refractivity contribution in [1.82, 2.24) is 9.97 Å². The van der Waals surface area contributed by atoms with Gasteiger partial charge in [0, 0.05) is 12.6 Å². The Morgan fingerprint density at radius 1 is 1.24 bits per heavy atom. The molecule has 0 radical (unpaired) electrons. The molecule has 1 saturated carbocycles. The molecule has 2 aromatic rings. The second-order valence-electron chi connectivity index (χ2n) is 5.52. The predicted octanol–water partition coefficient (Wildman–Crippen LogP) is 4.78. The van der Waals surface area contributed by atoms with Crippen LogP contribution in [-0.4, -0.2) is 17.0 Å². The summed E-state index contributed by atoms with van der Waals surface area (Å²) in [6, 6.07) is 8.55. The highest BCUT2D eigenvalue weighted by Gasteiger charge is 2.27. The van der Waals surface area contributed by atoms with Gasteiger partial charge in [-0.3, -0.25) is 0 Å². The number of aryl methyl sites for hydroxylation is 1. The number of hydrogen-bond donors (Lipinski definition) is 1. The summed E-state index contributed by atoms with van der Waals surface area (Å²) in [6.07, 6.45) is 4.60. The third-order valence-electron chi connectivity index (χ3n) is 3.86. The molecule has 110 valence electrons. The highest BCUT2D eigenvalue weighted by molar-refractivity contribution is 9.10. The smallest absolute Gasteiger partial charge is 0.162 e. The van der Waals surface area contributed by atoms with E-state index >= 15 is 0 Å². The molecule has 1 aromatic carbocycles. The van der Waals surface area contributed by atoms with E-state index in [1.807, 2.05) is 7.05 Å². The summed E-state index contributed by atoms with van der Waals surface area (Å²) in [5.74, 6) is 2.41. The first-order chi connectivity index (χ1) is 10.2. The van der Waals surface area contributed by atoms with Crippen molar-refractivity contribution in [3.05, 3.63) is 40.0 Å². The number of rotatable bonds is 5. The van der Waals surface area contributed by atoms with Crippen LogP contribution in [0.1, 0.15) is 43.4 Å². The van der Waals surface area contributed by atoms with Crippen LogP contribution in [0.5, 0.6) is 0 Å². The van der Waals surface area contributed by atoms with Gasteiger partial charge in [-0.1, -0.05) is 37.6 Å². The fourth-order valence-electron chi connectivity index (χ4n) is 2.63. The minimum absolute atomic E-state index is 0.695. The Kier molecular flexibility index (Phi) is 4.24. The molecule has 0 amide bonds. The second kappa shape index (κ2) is 6.14. The van der Waals surface area contributed by atoms with Crippen LogP contribution in [-0.2, 0) is 6.42 Å². The van der Waals surface area contributed by atoms with E-state index in [9.17, 15) is 0 Å². The maximum absolute atomic E-state index is 4.81. The van der Waals surface area contributed by atoms with Crippen molar-refractivity contribution in [2.75, 3.05) is 12.4 Å². The summed E-state index contributed by atoms with van der Waals surface area (Å²) < 4.78 is 0.986. The molecule has 21 heavy (non-hydrogen) atoms. The molecular formula is C17H20BrN3. The zero-order valence-corrected chi connectivity index (χ0v) is 14.1. The summed E-state index contributed by atoms with van der Waals surface area (Å²) in [4.78, 5) is 9.52. The normalized spacial score (nSPS) is 14.2. The van der Waals surface area contributed by atoms with Crippen LogP contribution in [0.2, 0.25) is 0 Å². The predicted molar refractivity (Wildman–Crippen MR) is 90.7 cm³/mol. The van der Waals surface area contributed by atoms with Crippen molar-refractivity contribution in [1.29, 1.82) is 0 Å². The van der Waals surface area contributed by atoms with E-state index in [0.29, 0.717) is 5.92 Å². The summed E-state index contributed by atoms with van der Waals surface area (Å²) in [7, 11) is 1.90. The Morgan fingerprint density at radius 3 is 2.67 bits per heavy atom. The first kappa shape index (κ1) is 14.5. The zero-order valence-electron chi connectivity index (χ0n) is 12.5. The van der Waals surface area contributed by atoms with Crippen molar-refractivity contribution in [2.24, 2.45) is 0 Å². The fourth-order valence-corrected chi connectivity index (χ4v) is 3.21. The van der Waals surface area contributed by atoms with Crippen molar-refractivity contribution in [3.8, 4) is 11.4 Å². The van der Waals surface area contributed by atoms with E-state index in [1.165, 1.54) is 24.0 Å². The Balaban J connectivity index is 2.11. The molecule has 1 aliphatic rings. The average Bonchev–Trinajstić information content (AvgIpc) is 3.34.